The minimum Gasteiger partial charge on any atom is -0.463 e. The molecule has 160 valence electrons. The Bertz CT molecular complexity index is 1010. The molecular formula is C21H24N2O7. The molecule has 0 amide bonds. The summed E-state index contributed by atoms with van der Waals surface area (Å²) in [7, 11) is 1.87. The Morgan fingerprint density at radius 3 is 2.47 bits per heavy atom. The number of nitrogens with zero attached hydrogens (tertiary/aromatic N) is 2. The summed E-state index contributed by atoms with van der Waals surface area (Å²) in [5, 5.41) is 12.4. The molecule has 0 unspecified atom stereocenters. The van der Waals surface area contributed by atoms with E-state index in [-0.39, 0.29) is 31.1 Å². The lowest BCUT2D eigenvalue weighted by Gasteiger charge is -2.25. The first-order valence-corrected chi connectivity index (χ1v) is 10.1. The monoisotopic (exact) mass is 416 g/mol. The molecule has 1 aromatic heterocycles. The highest BCUT2D eigenvalue weighted by Crippen LogP contribution is 2.59. The van der Waals surface area contributed by atoms with E-state index in [1.807, 2.05) is 35.9 Å². The zero-order valence-corrected chi connectivity index (χ0v) is 17.1. The molecule has 1 fully saturated rings. The number of benzene rings is 1. The average molecular weight is 416 g/mol. The fraction of sp³-hybridized carbons (Fsp3) is 0.524. The van der Waals surface area contributed by atoms with Crippen LogP contribution >= 0.6 is 0 Å². The number of hydrogen-bond acceptors (Lipinski definition) is 7. The van der Waals surface area contributed by atoms with Crippen molar-refractivity contribution in [2.75, 3.05) is 19.8 Å². The Hall–Kier alpha value is -2.94. The third kappa shape index (κ3) is 2.79. The van der Waals surface area contributed by atoms with Gasteiger partial charge in [0.2, 0.25) is 6.54 Å². The summed E-state index contributed by atoms with van der Waals surface area (Å²) in [6, 6.07) is 7.65. The van der Waals surface area contributed by atoms with Crippen molar-refractivity contribution in [3.05, 3.63) is 45.6 Å². The van der Waals surface area contributed by atoms with Crippen molar-refractivity contribution in [1.29, 1.82) is 0 Å². The van der Waals surface area contributed by atoms with E-state index in [2.05, 4.69) is 0 Å². The Balaban J connectivity index is 1.86. The van der Waals surface area contributed by atoms with Gasteiger partial charge < -0.3 is 18.8 Å². The molecule has 0 spiro atoms. The lowest BCUT2D eigenvalue weighted by molar-refractivity contribution is -0.484. The molecule has 9 nitrogen and oxygen atoms in total. The molecule has 1 aromatic carbocycles. The number of hydrogen-bond donors (Lipinski definition) is 0. The van der Waals surface area contributed by atoms with Crippen molar-refractivity contribution >= 4 is 22.8 Å². The van der Waals surface area contributed by atoms with E-state index in [1.54, 1.807) is 13.8 Å². The van der Waals surface area contributed by atoms with Crippen molar-refractivity contribution in [1.82, 2.24) is 4.57 Å². The molecule has 2 aromatic rings. The first-order chi connectivity index (χ1) is 14.4. The Morgan fingerprint density at radius 2 is 1.87 bits per heavy atom. The average Bonchev–Trinajstić information content (AvgIpc) is 3.32. The van der Waals surface area contributed by atoms with Gasteiger partial charge in [0.1, 0.15) is 0 Å². The van der Waals surface area contributed by atoms with Crippen molar-refractivity contribution < 1.29 is 28.7 Å². The smallest absolute Gasteiger partial charge is 0.350 e. The van der Waals surface area contributed by atoms with Gasteiger partial charge in [-0.1, -0.05) is 18.2 Å². The van der Waals surface area contributed by atoms with Crippen LogP contribution in [0, 0.1) is 16.0 Å². The van der Waals surface area contributed by atoms with Crippen LogP contribution in [0.4, 0.5) is 0 Å². The first kappa shape index (κ1) is 20.3. The summed E-state index contributed by atoms with van der Waals surface area (Å²) in [5.74, 6) is -2.52. The van der Waals surface area contributed by atoms with Gasteiger partial charge in [0.25, 0.3) is 5.60 Å². The maximum atomic E-state index is 12.8. The third-order valence-corrected chi connectivity index (χ3v) is 6.14. The van der Waals surface area contributed by atoms with E-state index < -0.39 is 35.5 Å². The topological polar surface area (TPSA) is 110 Å². The SMILES string of the molecule is CCOC(=O)C1(C(=O)OCC)C[C@@H]2[C@@H](C[N+](=O)[O-])c3c(c4ccccc4n3C)[C@@H]2O1. The maximum Gasteiger partial charge on any atom is 0.350 e. The van der Waals surface area contributed by atoms with Gasteiger partial charge in [-0.15, -0.1) is 0 Å². The van der Waals surface area contributed by atoms with Crippen LogP contribution in [0.3, 0.4) is 0 Å². The fourth-order valence-electron chi connectivity index (χ4n) is 5.03. The predicted octanol–water partition coefficient (Wildman–Crippen LogP) is 2.49. The fourth-order valence-corrected chi connectivity index (χ4v) is 5.03. The molecule has 1 saturated heterocycles. The van der Waals surface area contributed by atoms with Gasteiger partial charge in [-0.25, -0.2) is 9.59 Å². The highest BCUT2D eigenvalue weighted by molar-refractivity contribution is 6.04. The Morgan fingerprint density at radius 1 is 1.23 bits per heavy atom. The second kappa shape index (κ2) is 7.39. The van der Waals surface area contributed by atoms with Gasteiger partial charge in [-0.2, -0.15) is 0 Å². The summed E-state index contributed by atoms with van der Waals surface area (Å²) in [5.41, 5.74) is 0.637. The van der Waals surface area contributed by atoms with Crippen LogP contribution in [0.15, 0.2) is 24.3 Å². The van der Waals surface area contributed by atoms with Crippen LogP contribution in [-0.4, -0.2) is 46.8 Å². The standard InChI is InChI=1S/C21H24N2O7/c1-4-28-19(24)21(20(25)29-5-2)10-13-14(11-23(26)27)17-16(18(13)30-21)12-8-6-7-9-15(12)22(17)3/h6-9,13-14,18H,4-5,10-11H2,1-3H3/t13-,14-,18-/m1/s1. The molecule has 30 heavy (non-hydrogen) atoms. The minimum absolute atomic E-state index is 0.0170. The number of ether oxygens (including phenoxy) is 3. The van der Waals surface area contributed by atoms with Crippen LogP contribution in [0.2, 0.25) is 0 Å². The normalized spacial score (nSPS) is 23.8. The number of para-hydroxylation sites is 1. The second-order valence-corrected chi connectivity index (χ2v) is 7.67. The van der Waals surface area contributed by atoms with Gasteiger partial charge >= 0.3 is 11.9 Å². The molecule has 1 aliphatic carbocycles. The molecule has 0 bridgehead atoms. The lowest BCUT2D eigenvalue weighted by Crippen LogP contribution is -2.49. The lowest BCUT2D eigenvalue weighted by atomic mass is 9.85. The highest BCUT2D eigenvalue weighted by atomic mass is 16.6. The molecule has 9 heteroatoms. The number of esters is 2. The number of carbonyl (C=O) groups excluding carboxylic acids is 2. The van der Waals surface area contributed by atoms with Gasteiger partial charge in [-0.05, 0) is 19.9 Å². The van der Waals surface area contributed by atoms with E-state index in [0.29, 0.717) is 0 Å². The van der Waals surface area contributed by atoms with Crippen LogP contribution in [0.1, 0.15) is 43.5 Å². The Kier molecular flexibility index (Phi) is 5.01. The molecule has 2 heterocycles. The molecule has 2 aliphatic rings. The molecule has 1 aliphatic heterocycles. The molecule has 4 rings (SSSR count). The van der Waals surface area contributed by atoms with Crippen LogP contribution in [0.25, 0.3) is 10.9 Å². The zero-order chi connectivity index (χ0) is 21.6. The van der Waals surface area contributed by atoms with Gasteiger partial charge in [0.15, 0.2) is 0 Å². The largest absolute Gasteiger partial charge is 0.463 e. The first-order valence-electron chi connectivity index (χ1n) is 10.1. The highest BCUT2D eigenvalue weighted by Gasteiger charge is 2.65. The number of aryl methyl sites for hydroxylation is 1. The number of rotatable bonds is 6. The van der Waals surface area contributed by atoms with Crippen LogP contribution in [-0.2, 0) is 30.8 Å². The van der Waals surface area contributed by atoms with Crippen molar-refractivity contribution in [3.8, 4) is 0 Å². The minimum atomic E-state index is -1.91. The van der Waals surface area contributed by atoms with E-state index in [4.69, 9.17) is 14.2 Å². The number of fused-ring (bicyclic) bond motifs is 5. The van der Waals surface area contributed by atoms with Crippen LogP contribution < -0.4 is 0 Å². The molecule has 0 saturated carbocycles. The van der Waals surface area contributed by atoms with Gasteiger partial charge in [0.05, 0.1) is 25.2 Å². The van der Waals surface area contributed by atoms with E-state index in [0.717, 1.165) is 22.2 Å². The van der Waals surface area contributed by atoms with Gasteiger partial charge in [0, 0.05) is 46.5 Å². The number of carbonyl (C=O) groups is 2. The summed E-state index contributed by atoms with van der Waals surface area (Å²) < 4.78 is 18.4. The quantitative estimate of drug-likeness (QED) is 0.308. The summed E-state index contributed by atoms with van der Waals surface area (Å²) in [6.07, 6.45) is -0.651. The molecule has 3 atom stereocenters. The zero-order valence-electron chi connectivity index (χ0n) is 17.1. The number of aromatic nitrogens is 1. The predicted molar refractivity (Wildman–Crippen MR) is 105 cm³/mol. The third-order valence-electron chi connectivity index (χ3n) is 6.14. The van der Waals surface area contributed by atoms with E-state index in [1.165, 1.54) is 0 Å². The molecule has 0 N–H and O–H groups in total. The summed E-state index contributed by atoms with van der Waals surface area (Å²) in [6.45, 7) is 3.13. The van der Waals surface area contributed by atoms with E-state index >= 15 is 0 Å². The second-order valence-electron chi connectivity index (χ2n) is 7.67. The maximum absolute atomic E-state index is 12.8. The van der Waals surface area contributed by atoms with Crippen molar-refractivity contribution in [2.45, 2.75) is 37.9 Å². The van der Waals surface area contributed by atoms with Crippen molar-refractivity contribution in [2.24, 2.45) is 13.0 Å². The van der Waals surface area contributed by atoms with Gasteiger partial charge in [-0.3, -0.25) is 10.1 Å². The van der Waals surface area contributed by atoms with E-state index in [9.17, 15) is 19.7 Å². The summed E-state index contributed by atoms with van der Waals surface area (Å²) in [4.78, 5) is 36.8. The summed E-state index contributed by atoms with van der Waals surface area (Å²) >= 11 is 0. The number of nitro groups is 1. The Labute approximate surface area is 173 Å². The van der Waals surface area contributed by atoms with Crippen LogP contribution in [0.5, 0.6) is 0 Å². The molecular weight excluding hydrogens is 392 g/mol. The molecule has 0 radical (unpaired) electrons. The van der Waals surface area contributed by atoms with Crippen molar-refractivity contribution in [3.63, 3.8) is 0 Å².